The van der Waals surface area contributed by atoms with E-state index in [1.165, 1.54) is 11.1 Å². The van der Waals surface area contributed by atoms with E-state index >= 15 is 0 Å². The predicted molar refractivity (Wildman–Crippen MR) is 80.2 cm³/mol. The van der Waals surface area contributed by atoms with Gasteiger partial charge < -0.3 is 0 Å². The first-order valence-corrected chi connectivity index (χ1v) is 7.62. The number of ketones is 1. The maximum atomic E-state index is 11.9. The molecule has 0 aliphatic rings. The van der Waals surface area contributed by atoms with Crippen LogP contribution >= 0.6 is 27.3 Å². The topological polar surface area (TPSA) is 17.1 Å². The van der Waals surface area contributed by atoms with Crippen molar-refractivity contribution in [3.05, 3.63) is 56.2 Å². The van der Waals surface area contributed by atoms with Crippen LogP contribution in [0.15, 0.2) is 40.2 Å². The fraction of sp³-hybridized carbons (Fsp3) is 0.267. The van der Waals surface area contributed by atoms with E-state index in [2.05, 4.69) is 35.0 Å². The van der Waals surface area contributed by atoms with Gasteiger partial charge in [0.2, 0.25) is 0 Å². The summed E-state index contributed by atoms with van der Waals surface area (Å²) in [6.07, 6.45) is 2.01. The summed E-state index contributed by atoms with van der Waals surface area (Å²) >= 11 is 5.10. The van der Waals surface area contributed by atoms with Gasteiger partial charge in [0.25, 0.3) is 0 Å². The highest BCUT2D eigenvalue weighted by molar-refractivity contribution is 9.10. The molecule has 0 saturated heterocycles. The number of Topliss-reactive ketones (excluding diaryl/α,β-unsaturated/α-hetero) is 1. The minimum absolute atomic E-state index is 0.307. The molecule has 0 fully saturated rings. The Balaban J connectivity index is 1.90. The molecule has 0 aliphatic heterocycles. The highest BCUT2D eigenvalue weighted by atomic mass is 79.9. The van der Waals surface area contributed by atoms with E-state index in [0.29, 0.717) is 18.6 Å². The van der Waals surface area contributed by atoms with Crippen LogP contribution < -0.4 is 0 Å². The molecule has 1 aromatic carbocycles. The smallest absolute Gasteiger partial charge is 0.138 e. The lowest BCUT2D eigenvalue weighted by molar-refractivity contribution is -0.118. The van der Waals surface area contributed by atoms with Crippen molar-refractivity contribution in [3.63, 3.8) is 0 Å². The zero-order valence-corrected chi connectivity index (χ0v) is 12.7. The van der Waals surface area contributed by atoms with Crippen LogP contribution in [0, 0.1) is 6.92 Å². The molecule has 1 nitrogen and oxygen atoms in total. The number of halogens is 1. The second kappa shape index (κ2) is 6.30. The van der Waals surface area contributed by atoms with Gasteiger partial charge in [0, 0.05) is 22.2 Å². The van der Waals surface area contributed by atoms with E-state index in [1.54, 1.807) is 11.3 Å². The zero-order chi connectivity index (χ0) is 13.0. The van der Waals surface area contributed by atoms with Gasteiger partial charge in [-0.25, -0.2) is 0 Å². The molecule has 2 rings (SSSR count). The Morgan fingerprint density at radius 3 is 2.72 bits per heavy atom. The number of aryl methyl sites for hydroxylation is 2. The lowest BCUT2D eigenvalue weighted by Crippen LogP contribution is -2.04. The molecule has 0 saturated carbocycles. The third kappa shape index (κ3) is 3.53. The minimum Gasteiger partial charge on any atom is -0.299 e. The summed E-state index contributed by atoms with van der Waals surface area (Å²) in [7, 11) is 0. The summed E-state index contributed by atoms with van der Waals surface area (Å²) in [5.74, 6) is 0.307. The maximum Gasteiger partial charge on any atom is 0.138 e. The lowest BCUT2D eigenvalue weighted by atomic mass is 10.0. The first-order chi connectivity index (χ1) is 8.66. The Labute approximate surface area is 120 Å². The van der Waals surface area contributed by atoms with Crippen LogP contribution in [0.3, 0.4) is 0 Å². The van der Waals surface area contributed by atoms with Crippen molar-refractivity contribution in [2.45, 2.75) is 26.2 Å². The summed E-state index contributed by atoms with van der Waals surface area (Å²) in [5, 5.41) is 2.01. The number of carbonyl (C=O) groups excluding carboxylic acids is 1. The molecule has 0 unspecified atom stereocenters. The van der Waals surface area contributed by atoms with E-state index in [0.717, 1.165) is 15.8 Å². The average Bonchev–Trinajstić information content (AvgIpc) is 2.74. The summed E-state index contributed by atoms with van der Waals surface area (Å²) in [6.45, 7) is 2.09. The van der Waals surface area contributed by atoms with Crippen molar-refractivity contribution < 1.29 is 4.79 Å². The van der Waals surface area contributed by atoms with Crippen LogP contribution in [0.1, 0.15) is 22.4 Å². The highest BCUT2D eigenvalue weighted by Crippen LogP contribution is 2.23. The fourth-order valence-electron chi connectivity index (χ4n) is 1.88. The van der Waals surface area contributed by atoms with Crippen molar-refractivity contribution in [1.82, 2.24) is 0 Å². The Morgan fingerprint density at radius 2 is 2.06 bits per heavy atom. The van der Waals surface area contributed by atoms with E-state index in [9.17, 15) is 4.79 Å². The molecule has 2 aromatic rings. The molecule has 0 N–H and O–H groups in total. The SMILES string of the molecule is Cc1ccccc1CCC(=O)Cc1sccc1Br. The molecule has 0 aliphatic carbocycles. The predicted octanol–water partition coefficient (Wildman–Crippen LogP) is 4.56. The second-order valence-corrected chi connectivity index (χ2v) is 6.19. The van der Waals surface area contributed by atoms with Gasteiger partial charge in [-0.2, -0.15) is 0 Å². The third-order valence-electron chi connectivity index (χ3n) is 2.98. The summed E-state index contributed by atoms with van der Waals surface area (Å²) in [5.41, 5.74) is 2.54. The van der Waals surface area contributed by atoms with Crippen molar-refractivity contribution in [2.24, 2.45) is 0 Å². The van der Waals surface area contributed by atoms with Crippen LogP contribution in [0.5, 0.6) is 0 Å². The van der Waals surface area contributed by atoms with Crippen molar-refractivity contribution >= 4 is 33.0 Å². The molecule has 0 atom stereocenters. The van der Waals surface area contributed by atoms with E-state index in [-0.39, 0.29) is 0 Å². The summed E-state index contributed by atoms with van der Waals surface area (Å²) in [6, 6.07) is 10.3. The first-order valence-electron chi connectivity index (χ1n) is 5.95. The number of hydrogen-bond donors (Lipinski definition) is 0. The standard InChI is InChI=1S/C15H15BrOS/c1-11-4-2-3-5-12(11)6-7-13(17)10-15-14(16)8-9-18-15/h2-5,8-9H,6-7,10H2,1H3. The molecule has 0 spiro atoms. The Morgan fingerprint density at radius 1 is 1.28 bits per heavy atom. The van der Waals surface area contributed by atoms with E-state index in [4.69, 9.17) is 0 Å². The molecule has 18 heavy (non-hydrogen) atoms. The van der Waals surface area contributed by atoms with Gasteiger partial charge in [-0.3, -0.25) is 4.79 Å². The van der Waals surface area contributed by atoms with Crippen molar-refractivity contribution in [3.8, 4) is 0 Å². The Bertz CT molecular complexity index is 545. The Hall–Kier alpha value is -0.930. The molecule has 1 aromatic heterocycles. The van der Waals surface area contributed by atoms with E-state index < -0.39 is 0 Å². The Kier molecular flexibility index (Phi) is 4.72. The number of hydrogen-bond acceptors (Lipinski definition) is 2. The number of carbonyl (C=O) groups is 1. The van der Waals surface area contributed by atoms with Crippen LogP contribution in [-0.4, -0.2) is 5.78 Å². The van der Waals surface area contributed by atoms with Crippen LogP contribution in [0.2, 0.25) is 0 Å². The van der Waals surface area contributed by atoms with Gasteiger partial charge in [0.05, 0.1) is 0 Å². The number of thiophene rings is 1. The van der Waals surface area contributed by atoms with Crippen molar-refractivity contribution in [1.29, 1.82) is 0 Å². The normalized spacial score (nSPS) is 10.6. The van der Waals surface area contributed by atoms with Crippen LogP contribution in [0.4, 0.5) is 0 Å². The highest BCUT2D eigenvalue weighted by Gasteiger charge is 2.09. The van der Waals surface area contributed by atoms with Crippen LogP contribution in [-0.2, 0) is 17.6 Å². The van der Waals surface area contributed by atoms with Crippen LogP contribution in [0.25, 0.3) is 0 Å². The van der Waals surface area contributed by atoms with Gasteiger partial charge in [-0.05, 0) is 51.8 Å². The largest absolute Gasteiger partial charge is 0.299 e. The van der Waals surface area contributed by atoms with Crippen molar-refractivity contribution in [2.75, 3.05) is 0 Å². The van der Waals surface area contributed by atoms with Gasteiger partial charge in [-0.1, -0.05) is 24.3 Å². The first kappa shape index (κ1) is 13.5. The third-order valence-corrected chi connectivity index (χ3v) is 4.91. The van der Waals surface area contributed by atoms with E-state index in [1.807, 2.05) is 23.6 Å². The molecule has 1 heterocycles. The van der Waals surface area contributed by atoms with Gasteiger partial charge in [0.15, 0.2) is 0 Å². The summed E-state index contributed by atoms with van der Waals surface area (Å²) in [4.78, 5) is 13.1. The molecule has 3 heteroatoms. The molecule has 0 bridgehead atoms. The average molecular weight is 323 g/mol. The zero-order valence-electron chi connectivity index (χ0n) is 10.3. The fourth-order valence-corrected chi connectivity index (χ4v) is 3.40. The van der Waals surface area contributed by atoms with Gasteiger partial charge >= 0.3 is 0 Å². The van der Waals surface area contributed by atoms with Gasteiger partial charge in [0.1, 0.15) is 5.78 Å². The molecule has 0 amide bonds. The second-order valence-electron chi connectivity index (χ2n) is 4.33. The molecular formula is C15H15BrOS. The number of rotatable bonds is 5. The summed E-state index contributed by atoms with van der Waals surface area (Å²) < 4.78 is 1.05. The molecular weight excluding hydrogens is 308 g/mol. The minimum atomic E-state index is 0.307. The quantitative estimate of drug-likeness (QED) is 0.788. The monoisotopic (exact) mass is 322 g/mol. The number of benzene rings is 1. The lowest BCUT2D eigenvalue weighted by Gasteiger charge is -2.04. The molecule has 94 valence electrons. The van der Waals surface area contributed by atoms with Gasteiger partial charge in [-0.15, -0.1) is 11.3 Å². The molecule has 0 radical (unpaired) electrons. The maximum absolute atomic E-state index is 11.9.